The standard InChI is InChI=1S/C15H31N3/c1-7-18-9-8-17(12-14(18)3)11-13(2)10-16-15(4,5)6/h14,16H,2,7-12H2,1,3-6H3. The minimum atomic E-state index is 0.178. The van der Waals surface area contributed by atoms with E-state index >= 15 is 0 Å². The Labute approximate surface area is 113 Å². The highest BCUT2D eigenvalue weighted by Gasteiger charge is 2.22. The van der Waals surface area contributed by atoms with Crippen LogP contribution >= 0.6 is 0 Å². The van der Waals surface area contributed by atoms with Gasteiger partial charge >= 0.3 is 0 Å². The van der Waals surface area contributed by atoms with E-state index in [9.17, 15) is 0 Å². The lowest BCUT2D eigenvalue weighted by atomic mass is 10.1. The molecule has 1 saturated heterocycles. The van der Waals surface area contributed by atoms with E-state index in [1.807, 2.05) is 0 Å². The lowest BCUT2D eigenvalue weighted by molar-refractivity contribution is 0.0940. The van der Waals surface area contributed by atoms with Crippen molar-refractivity contribution >= 4 is 0 Å². The molecule has 0 bridgehead atoms. The first kappa shape index (κ1) is 15.7. The third kappa shape index (κ3) is 5.51. The summed E-state index contributed by atoms with van der Waals surface area (Å²) in [6, 6.07) is 0.673. The van der Waals surface area contributed by atoms with Gasteiger partial charge in [0.05, 0.1) is 0 Å². The molecule has 1 atom stereocenters. The average Bonchev–Trinajstić information content (AvgIpc) is 2.26. The van der Waals surface area contributed by atoms with E-state index in [1.165, 1.54) is 31.8 Å². The molecule has 0 aromatic rings. The van der Waals surface area contributed by atoms with Crippen molar-refractivity contribution in [3.8, 4) is 0 Å². The molecule has 1 rings (SSSR count). The van der Waals surface area contributed by atoms with Crippen LogP contribution in [0, 0.1) is 0 Å². The molecule has 0 radical (unpaired) electrons. The number of piperazine rings is 1. The Kier molecular flexibility index (Phi) is 5.83. The van der Waals surface area contributed by atoms with Gasteiger partial charge in [-0.15, -0.1) is 0 Å². The highest BCUT2D eigenvalue weighted by molar-refractivity contribution is 5.02. The van der Waals surface area contributed by atoms with Gasteiger partial charge in [-0.05, 0) is 39.8 Å². The molecule has 0 amide bonds. The van der Waals surface area contributed by atoms with Crippen LogP contribution in [0.2, 0.25) is 0 Å². The van der Waals surface area contributed by atoms with Crippen LogP contribution in [0.5, 0.6) is 0 Å². The maximum absolute atomic E-state index is 4.20. The van der Waals surface area contributed by atoms with E-state index in [0.717, 1.165) is 13.1 Å². The molecular formula is C15H31N3. The lowest BCUT2D eigenvalue weighted by Crippen LogP contribution is -2.52. The van der Waals surface area contributed by atoms with Gasteiger partial charge in [-0.2, -0.15) is 0 Å². The minimum Gasteiger partial charge on any atom is -0.308 e. The summed E-state index contributed by atoms with van der Waals surface area (Å²) in [7, 11) is 0. The van der Waals surface area contributed by atoms with Gasteiger partial charge in [-0.3, -0.25) is 9.80 Å². The Morgan fingerprint density at radius 3 is 2.50 bits per heavy atom. The normalized spacial score (nSPS) is 23.3. The number of hydrogen-bond donors (Lipinski definition) is 1. The predicted octanol–water partition coefficient (Wildman–Crippen LogP) is 1.96. The Morgan fingerprint density at radius 2 is 2.00 bits per heavy atom. The van der Waals surface area contributed by atoms with Crippen molar-refractivity contribution in [2.24, 2.45) is 0 Å². The van der Waals surface area contributed by atoms with E-state index in [2.05, 4.69) is 56.3 Å². The monoisotopic (exact) mass is 253 g/mol. The zero-order valence-electron chi connectivity index (χ0n) is 12.9. The predicted molar refractivity (Wildman–Crippen MR) is 80.0 cm³/mol. The van der Waals surface area contributed by atoms with Crippen molar-refractivity contribution in [3.05, 3.63) is 12.2 Å². The summed E-state index contributed by atoms with van der Waals surface area (Å²) in [5.41, 5.74) is 1.47. The van der Waals surface area contributed by atoms with Crippen LogP contribution in [0.4, 0.5) is 0 Å². The van der Waals surface area contributed by atoms with Crippen molar-refractivity contribution in [1.29, 1.82) is 0 Å². The van der Waals surface area contributed by atoms with Crippen LogP contribution in [0.3, 0.4) is 0 Å². The second-order valence-electron chi connectivity index (χ2n) is 6.57. The van der Waals surface area contributed by atoms with Crippen molar-refractivity contribution in [2.75, 3.05) is 39.3 Å². The smallest absolute Gasteiger partial charge is 0.0204 e. The molecule has 1 aliphatic rings. The number of nitrogens with one attached hydrogen (secondary N) is 1. The summed E-state index contributed by atoms with van der Waals surface area (Å²) in [5.74, 6) is 0. The first-order valence-corrected chi connectivity index (χ1v) is 7.20. The first-order valence-electron chi connectivity index (χ1n) is 7.20. The van der Waals surface area contributed by atoms with Crippen LogP contribution in [0.25, 0.3) is 0 Å². The van der Waals surface area contributed by atoms with Crippen LogP contribution in [-0.2, 0) is 0 Å². The van der Waals surface area contributed by atoms with E-state index in [4.69, 9.17) is 0 Å². The molecule has 106 valence electrons. The van der Waals surface area contributed by atoms with Gasteiger partial charge in [-0.1, -0.05) is 13.5 Å². The Bertz CT molecular complexity index is 267. The molecule has 0 saturated carbocycles. The van der Waals surface area contributed by atoms with Crippen molar-refractivity contribution in [1.82, 2.24) is 15.1 Å². The molecule has 3 heteroatoms. The number of rotatable bonds is 5. The fraction of sp³-hybridized carbons (Fsp3) is 0.867. The van der Waals surface area contributed by atoms with Crippen LogP contribution < -0.4 is 5.32 Å². The summed E-state index contributed by atoms with van der Waals surface area (Å²) < 4.78 is 0. The Morgan fingerprint density at radius 1 is 1.33 bits per heavy atom. The van der Waals surface area contributed by atoms with Crippen molar-refractivity contribution in [2.45, 2.75) is 46.2 Å². The van der Waals surface area contributed by atoms with Crippen molar-refractivity contribution in [3.63, 3.8) is 0 Å². The fourth-order valence-electron chi connectivity index (χ4n) is 2.45. The molecule has 0 aromatic heterocycles. The van der Waals surface area contributed by atoms with Gasteiger partial charge in [0.15, 0.2) is 0 Å². The molecule has 1 fully saturated rings. The molecule has 1 N–H and O–H groups in total. The quantitative estimate of drug-likeness (QED) is 0.756. The van der Waals surface area contributed by atoms with Crippen LogP contribution in [-0.4, -0.2) is 60.6 Å². The summed E-state index contributed by atoms with van der Waals surface area (Å²) in [5, 5.41) is 3.51. The molecule has 0 aliphatic carbocycles. The fourth-order valence-corrected chi connectivity index (χ4v) is 2.45. The highest BCUT2D eigenvalue weighted by atomic mass is 15.3. The highest BCUT2D eigenvalue weighted by Crippen LogP contribution is 2.10. The molecular weight excluding hydrogens is 222 g/mol. The molecule has 18 heavy (non-hydrogen) atoms. The maximum Gasteiger partial charge on any atom is 0.0204 e. The first-order chi connectivity index (χ1) is 8.31. The summed E-state index contributed by atoms with van der Waals surface area (Å²) in [6.45, 7) is 22.0. The maximum atomic E-state index is 4.20. The number of nitrogens with zero attached hydrogens (tertiary/aromatic N) is 2. The minimum absolute atomic E-state index is 0.178. The summed E-state index contributed by atoms with van der Waals surface area (Å²) in [4.78, 5) is 5.08. The van der Waals surface area contributed by atoms with Gasteiger partial charge in [-0.25, -0.2) is 0 Å². The van der Waals surface area contributed by atoms with Gasteiger partial charge in [0, 0.05) is 44.3 Å². The molecule has 1 aliphatic heterocycles. The van der Waals surface area contributed by atoms with E-state index in [1.54, 1.807) is 0 Å². The zero-order valence-corrected chi connectivity index (χ0v) is 12.9. The van der Waals surface area contributed by atoms with Gasteiger partial charge in [0.2, 0.25) is 0 Å². The molecule has 1 heterocycles. The molecule has 3 nitrogen and oxygen atoms in total. The second kappa shape index (κ2) is 6.69. The SMILES string of the molecule is C=C(CNC(C)(C)C)CN1CCN(CC)C(C)C1. The van der Waals surface area contributed by atoms with E-state index in [0.29, 0.717) is 6.04 Å². The molecule has 0 spiro atoms. The molecule has 1 unspecified atom stereocenters. The second-order valence-corrected chi connectivity index (χ2v) is 6.57. The number of likely N-dealkylation sites (N-methyl/N-ethyl adjacent to an activating group) is 1. The van der Waals surface area contributed by atoms with Gasteiger partial charge in [0.1, 0.15) is 0 Å². The summed E-state index contributed by atoms with van der Waals surface area (Å²) >= 11 is 0. The largest absolute Gasteiger partial charge is 0.308 e. The Balaban J connectivity index is 2.29. The molecule has 0 aromatic carbocycles. The van der Waals surface area contributed by atoms with Crippen LogP contribution in [0.1, 0.15) is 34.6 Å². The zero-order chi connectivity index (χ0) is 13.8. The van der Waals surface area contributed by atoms with E-state index < -0.39 is 0 Å². The third-order valence-electron chi connectivity index (χ3n) is 3.57. The van der Waals surface area contributed by atoms with E-state index in [-0.39, 0.29) is 5.54 Å². The van der Waals surface area contributed by atoms with Crippen LogP contribution in [0.15, 0.2) is 12.2 Å². The lowest BCUT2D eigenvalue weighted by Gasteiger charge is -2.39. The average molecular weight is 253 g/mol. The topological polar surface area (TPSA) is 18.5 Å². The third-order valence-corrected chi connectivity index (χ3v) is 3.57. The summed E-state index contributed by atoms with van der Waals surface area (Å²) in [6.07, 6.45) is 0. The van der Waals surface area contributed by atoms with Gasteiger partial charge < -0.3 is 5.32 Å². The Hall–Kier alpha value is -0.380. The van der Waals surface area contributed by atoms with Crippen molar-refractivity contribution < 1.29 is 0 Å². The number of hydrogen-bond acceptors (Lipinski definition) is 3. The van der Waals surface area contributed by atoms with Gasteiger partial charge in [0.25, 0.3) is 0 Å².